The maximum Gasteiger partial charge on any atom is 0.227 e. The normalized spacial score (nSPS) is 13.5. The summed E-state index contributed by atoms with van der Waals surface area (Å²) in [5.41, 5.74) is 2.67. The number of fused-ring (bicyclic) bond motifs is 1. The summed E-state index contributed by atoms with van der Waals surface area (Å²) in [5.74, 6) is 2.87. The summed E-state index contributed by atoms with van der Waals surface area (Å²) in [6.07, 6.45) is 5.20. The van der Waals surface area contributed by atoms with Crippen LogP contribution in [0.25, 0.3) is 22.8 Å². The van der Waals surface area contributed by atoms with Crippen LogP contribution in [0.5, 0.6) is 0 Å². The number of hydrogen-bond donors (Lipinski definition) is 1. The molecule has 158 valence electrons. The molecule has 1 amide bonds. The number of benzene rings is 1. The Morgan fingerprint density at radius 2 is 2.00 bits per heavy atom. The molecular weight excluding hydrogens is 412 g/mol. The monoisotopic (exact) mass is 434 g/mol. The average Bonchev–Trinajstić information content (AvgIpc) is 3.52. The highest BCUT2D eigenvalue weighted by Crippen LogP contribution is 2.24. The van der Waals surface area contributed by atoms with E-state index < -0.39 is 0 Å². The van der Waals surface area contributed by atoms with Gasteiger partial charge in [0.25, 0.3) is 0 Å². The molecule has 0 saturated carbocycles. The SMILES string of the molecule is O=C(CCc1nc(-c2ccsc2)no1)Nc1ccc(-c2nnc3n2CCCCC3)cc1. The quantitative estimate of drug-likeness (QED) is 0.484. The van der Waals surface area contributed by atoms with Gasteiger partial charge in [0, 0.05) is 48.0 Å². The summed E-state index contributed by atoms with van der Waals surface area (Å²) in [6.45, 7) is 0.958. The zero-order chi connectivity index (χ0) is 21.0. The van der Waals surface area contributed by atoms with E-state index in [1.165, 1.54) is 12.8 Å². The van der Waals surface area contributed by atoms with E-state index in [1.54, 1.807) is 11.3 Å². The summed E-state index contributed by atoms with van der Waals surface area (Å²) in [7, 11) is 0. The third-order valence-electron chi connectivity index (χ3n) is 5.35. The molecule has 0 bridgehead atoms. The molecule has 0 spiro atoms. The maximum atomic E-state index is 12.3. The summed E-state index contributed by atoms with van der Waals surface area (Å²) < 4.78 is 7.47. The minimum absolute atomic E-state index is 0.0978. The number of hydrogen-bond acceptors (Lipinski definition) is 7. The second kappa shape index (κ2) is 8.81. The minimum atomic E-state index is -0.0978. The second-order valence-corrected chi connectivity index (χ2v) is 8.33. The Morgan fingerprint density at radius 1 is 1.10 bits per heavy atom. The van der Waals surface area contributed by atoms with Crippen LogP contribution >= 0.6 is 11.3 Å². The lowest BCUT2D eigenvalue weighted by molar-refractivity contribution is -0.116. The van der Waals surface area contributed by atoms with Crippen molar-refractivity contribution in [1.29, 1.82) is 0 Å². The van der Waals surface area contributed by atoms with E-state index in [0.29, 0.717) is 18.1 Å². The van der Waals surface area contributed by atoms with Gasteiger partial charge in [0.2, 0.25) is 17.6 Å². The number of aryl methyl sites for hydroxylation is 2. The van der Waals surface area contributed by atoms with Crippen molar-refractivity contribution in [1.82, 2.24) is 24.9 Å². The molecule has 0 aliphatic carbocycles. The molecule has 31 heavy (non-hydrogen) atoms. The van der Waals surface area contributed by atoms with E-state index in [2.05, 4.69) is 30.2 Å². The first-order valence-electron chi connectivity index (χ1n) is 10.4. The first kappa shape index (κ1) is 19.6. The molecule has 5 rings (SSSR count). The molecule has 0 saturated heterocycles. The number of nitrogens with zero attached hydrogens (tertiary/aromatic N) is 5. The molecule has 1 aromatic carbocycles. The van der Waals surface area contributed by atoms with Crippen LogP contribution in [0.2, 0.25) is 0 Å². The average molecular weight is 435 g/mol. The highest BCUT2D eigenvalue weighted by atomic mass is 32.1. The van der Waals surface area contributed by atoms with Crippen LogP contribution in [-0.2, 0) is 24.2 Å². The van der Waals surface area contributed by atoms with E-state index in [1.807, 2.05) is 41.1 Å². The molecule has 1 aliphatic heterocycles. The molecule has 4 heterocycles. The standard InChI is InChI=1S/C22H22N6O2S/c29-19(9-10-20-24-21(27-30-20)16-11-13-31-14-16)23-17-7-5-15(6-8-17)22-26-25-18-4-2-1-3-12-28(18)22/h5-8,11,13-14H,1-4,9-10,12H2,(H,23,29). The van der Waals surface area contributed by atoms with Crippen molar-refractivity contribution in [2.45, 2.75) is 45.1 Å². The molecule has 8 nitrogen and oxygen atoms in total. The summed E-state index contributed by atoms with van der Waals surface area (Å²) >= 11 is 1.58. The summed E-state index contributed by atoms with van der Waals surface area (Å²) in [6, 6.07) is 9.68. The lowest BCUT2D eigenvalue weighted by atomic mass is 10.2. The Balaban J connectivity index is 1.18. The number of carbonyl (C=O) groups excluding carboxylic acids is 1. The van der Waals surface area contributed by atoms with Gasteiger partial charge in [-0.05, 0) is 48.6 Å². The summed E-state index contributed by atoms with van der Waals surface area (Å²) in [4.78, 5) is 16.7. The summed E-state index contributed by atoms with van der Waals surface area (Å²) in [5, 5.41) is 19.6. The number of amides is 1. The lowest BCUT2D eigenvalue weighted by Crippen LogP contribution is -2.12. The first-order chi connectivity index (χ1) is 15.3. The number of thiophene rings is 1. The van der Waals surface area contributed by atoms with Gasteiger partial charge in [0.05, 0.1) is 0 Å². The van der Waals surface area contributed by atoms with Crippen LogP contribution in [0.4, 0.5) is 5.69 Å². The maximum absolute atomic E-state index is 12.3. The van der Waals surface area contributed by atoms with Gasteiger partial charge >= 0.3 is 0 Å². The van der Waals surface area contributed by atoms with E-state index in [0.717, 1.165) is 47.8 Å². The highest BCUT2D eigenvalue weighted by Gasteiger charge is 2.16. The Morgan fingerprint density at radius 3 is 2.84 bits per heavy atom. The molecule has 3 aromatic heterocycles. The third kappa shape index (κ3) is 4.41. The predicted octanol–water partition coefficient (Wildman–Crippen LogP) is 4.35. The smallest absolute Gasteiger partial charge is 0.227 e. The van der Waals surface area contributed by atoms with E-state index in [-0.39, 0.29) is 12.3 Å². The topological polar surface area (TPSA) is 98.7 Å². The molecular formula is C22H22N6O2S. The number of nitrogens with one attached hydrogen (secondary N) is 1. The van der Waals surface area contributed by atoms with Crippen LogP contribution < -0.4 is 5.32 Å². The number of rotatable bonds is 6. The predicted molar refractivity (Wildman–Crippen MR) is 118 cm³/mol. The molecule has 4 aromatic rings. The van der Waals surface area contributed by atoms with Gasteiger partial charge in [-0.25, -0.2) is 0 Å². The molecule has 1 N–H and O–H groups in total. The van der Waals surface area contributed by atoms with Crippen LogP contribution in [0, 0.1) is 0 Å². The Bertz CT molecular complexity index is 1160. The van der Waals surface area contributed by atoms with Crippen molar-refractivity contribution in [2.24, 2.45) is 0 Å². The fourth-order valence-electron chi connectivity index (χ4n) is 3.71. The van der Waals surface area contributed by atoms with Crippen LogP contribution in [0.1, 0.15) is 37.4 Å². The van der Waals surface area contributed by atoms with Gasteiger partial charge in [0.1, 0.15) is 5.82 Å². The van der Waals surface area contributed by atoms with E-state index in [9.17, 15) is 4.79 Å². The van der Waals surface area contributed by atoms with Gasteiger partial charge in [-0.1, -0.05) is 11.6 Å². The van der Waals surface area contributed by atoms with Gasteiger partial charge < -0.3 is 14.4 Å². The fraction of sp³-hybridized carbons (Fsp3) is 0.318. The van der Waals surface area contributed by atoms with Crippen LogP contribution in [0.3, 0.4) is 0 Å². The largest absolute Gasteiger partial charge is 0.339 e. The Hall–Kier alpha value is -3.33. The second-order valence-electron chi connectivity index (χ2n) is 7.55. The Kier molecular flexibility index (Phi) is 5.57. The van der Waals surface area contributed by atoms with Gasteiger partial charge in [-0.2, -0.15) is 16.3 Å². The molecule has 9 heteroatoms. The highest BCUT2D eigenvalue weighted by molar-refractivity contribution is 7.08. The van der Waals surface area contributed by atoms with Crippen molar-refractivity contribution in [2.75, 3.05) is 5.32 Å². The lowest BCUT2D eigenvalue weighted by Gasteiger charge is -2.08. The van der Waals surface area contributed by atoms with Crippen LogP contribution in [-0.4, -0.2) is 30.8 Å². The van der Waals surface area contributed by atoms with Gasteiger partial charge in [-0.15, -0.1) is 10.2 Å². The van der Waals surface area contributed by atoms with Crippen molar-refractivity contribution in [3.63, 3.8) is 0 Å². The molecule has 0 fully saturated rings. The minimum Gasteiger partial charge on any atom is -0.339 e. The molecule has 0 atom stereocenters. The third-order valence-corrected chi connectivity index (χ3v) is 6.03. The zero-order valence-electron chi connectivity index (χ0n) is 17.0. The fourth-order valence-corrected chi connectivity index (χ4v) is 4.34. The van der Waals surface area contributed by atoms with Crippen molar-refractivity contribution in [3.05, 3.63) is 52.8 Å². The van der Waals surface area contributed by atoms with Crippen molar-refractivity contribution in [3.8, 4) is 22.8 Å². The van der Waals surface area contributed by atoms with Gasteiger partial charge in [0.15, 0.2) is 5.82 Å². The number of anilines is 1. The van der Waals surface area contributed by atoms with E-state index in [4.69, 9.17) is 4.52 Å². The van der Waals surface area contributed by atoms with Crippen LogP contribution in [0.15, 0.2) is 45.6 Å². The molecule has 1 aliphatic rings. The number of carbonyl (C=O) groups is 1. The van der Waals surface area contributed by atoms with Crippen molar-refractivity contribution >= 4 is 22.9 Å². The van der Waals surface area contributed by atoms with Crippen molar-refractivity contribution < 1.29 is 9.32 Å². The first-order valence-corrected chi connectivity index (χ1v) is 11.4. The van der Waals surface area contributed by atoms with Gasteiger partial charge in [-0.3, -0.25) is 4.79 Å². The van der Waals surface area contributed by atoms with E-state index >= 15 is 0 Å². The Labute approximate surface area is 183 Å². The zero-order valence-corrected chi connectivity index (χ0v) is 17.8. The molecule has 0 radical (unpaired) electrons. The number of aromatic nitrogens is 5. The molecule has 0 unspecified atom stereocenters.